The number of pyridine rings is 1. The Morgan fingerprint density at radius 3 is 2.86 bits per heavy atom. The lowest BCUT2D eigenvalue weighted by Crippen LogP contribution is -2.09. The van der Waals surface area contributed by atoms with Gasteiger partial charge in [0.25, 0.3) is 0 Å². The maximum Gasteiger partial charge on any atom is 0.148 e. The Kier molecular flexibility index (Phi) is 3.57. The van der Waals surface area contributed by atoms with E-state index < -0.39 is 0 Å². The van der Waals surface area contributed by atoms with Crippen LogP contribution in [0.25, 0.3) is 0 Å². The zero-order chi connectivity index (χ0) is 14.8. The van der Waals surface area contributed by atoms with Crippen molar-refractivity contribution in [2.24, 2.45) is 0 Å². The molecule has 2 aromatic rings. The number of aromatic nitrogens is 1. The van der Waals surface area contributed by atoms with E-state index in [0.717, 1.165) is 42.5 Å². The molecule has 0 unspecified atom stereocenters. The normalized spacial score (nSPS) is 13.4. The fourth-order valence-corrected chi connectivity index (χ4v) is 2.72. The summed E-state index contributed by atoms with van der Waals surface area (Å²) in [5, 5.41) is 12.3. The van der Waals surface area contributed by atoms with Crippen LogP contribution in [0.3, 0.4) is 0 Å². The summed E-state index contributed by atoms with van der Waals surface area (Å²) < 4.78 is 13.9. The molecular formula is C17H16FN3. The minimum absolute atomic E-state index is 0.335. The minimum atomic E-state index is -0.335. The number of hydrogen-bond acceptors (Lipinski definition) is 3. The van der Waals surface area contributed by atoms with Gasteiger partial charge in [0.15, 0.2) is 0 Å². The zero-order valence-corrected chi connectivity index (χ0v) is 11.9. The number of benzene rings is 1. The van der Waals surface area contributed by atoms with E-state index in [0.29, 0.717) is 17.1 Å². The number of anilines is 2. The highest BCUT2D eigenvalue weighted by molar-refractivity contribution is 5.66. The van der Waals surface area contributed by atoms with Crippen LogP contribution in [0.4, 0.5) is 15.9 Å². The third kappa shape index (κ3) is 2.59. The summed E-state index contributed by atoms with van der Waals surface area (Å²) in [4.78, 5) is 4.56. The molecule has 0 radical (unpaired) electrons. The van der Waals surface area contributed by atoms with Gasteiger partial charge in [0, 0.05) is 5.69 Å². The van der Waals surface area contributed by atoms with Crippen molar-refractivity contribution < 1.29 is 4.39 Å². The lowest BCUT2D eigenvalue weighted by atomic mass is 9.95. The third-order valence-corrected chi connectivity index (χ3v) is 3.89. The molecule has 106 valence electrons. The highest BCUT2D eigenvalue weighted by Gasteiger charge is 2.16. The summed E-state index contributed by atoms with van der Waals surface area (Å²) >= 11 is 0. The van der Waals surface area contributed by atoms with Crippen molar-refractivity contribution >= 4 is 11.5 Å². The quantitative estimate of drug-likeness (QED) is 0.904. The monoisotopic (exact) mass is 281 g/mol. The van der Waals surface area contributed by atoms with Gasteiger partial charge in [-0.15, -0.1) is 0 Å². The molecule has 21 heavy (non-hydrogen) atoms. The number of rotatable bonds is 2. The lowest BCUT2D eigenvalue weighted by Gasteiger charge is -2.18. The van der Waals surface area contributed by atoms with Gasteiger partial charge in [-0.2, -0.15) is 5.26 Å². The molecule has 1 heterocycles. The van der Waals surface area contributed by atoms with Crippen LogP contribution in [-0.4, -0.2) is 4.98 Å². The van der Waals surface area contributed by atoms with Crippen LogP contribution in [0.5, 0.6) is 0 Å². The number of hydrogen-bond donors (Lipinski definition) is 1. The van der Waals surface area contributed by atoms with Gasteiger partial charge in [0.05, 0.1) is 11.3 Å². The van der Waals surface area contributed by atoms with Crippen molar-refractivity contribution in [3.05, 3.63) is 52.5 Å². The van der Waals surface area contributed by atoms with Gasteiger partial charge in [0.1, 0.15) is 17.7 Å². The van der Waals surface area contributed by atoms with E-state index in [1.807, 2.05) is 19.1 Å². The first-order valence-corrected chi connectivity index (χ1v) is 7.14. The van der Waals surface area contributed by atoms with Crippen LogP contribution < -0.4 is 5.32 Å². The van der Waals surface area contributed by atoms with Crippen molar-refractivity contribution in [3.63, 3.8) is 0 Å². The van der Waals surface area contributed by atoms with Crippen molar-refractivity contribution in [3.8, 4) is 6.07 Å². The first-order chi connectivity index (χ1) is 10.2. The number of para-hydroxylation sites is 1. The second kappa shape index (κ2) is 5.53. The molecule has 1 aromatic carbocycles. The van der Waals surface area contributed by atoms with E-state index >= 15 is 0 Å². The molecular weight excluding hydrogens is 265 g/mol. The number of nitrogens with zero attached hydrogens (tertiary/aromatic N) is 2. The van der Waals surface area contributed by atoms with E-state index in [1.54, 1.807) is 6.07 Å². The van der Waals surface area contributed by atoms with Gasteiger partial charge in [-0.3, -0.25) is 0 Å². The molecule has 0 spiro atoms. The van der Waals surface area contributed by atoms with E-state index in [1.165, 1.54) is 6.07 Å². The topological polar surface area (TPSA) is 48.7 Å². The van der Waals surface area contributed by atoms with Gasteiger partial charge in [0.2, 0.25) is 0 Å². The van der Waals surface area contributed by atoms with Crippen molar-refractivity contribution in [2.75, 3.05) is 5.32 Å². The zero-order valence-electron chi connectivity index (χ0n) is 11.9. The van der Waals surface area contributed by atoms with Crippen LogP contribution in [0.1, 0.15) is 35.2 Å². The van der Waals surface area contributed by atoms with Crippen LogP contribution in [0.15, 0.2) is 24.3 Å². The summed E-state index contributed by atoms with van der Waals surface area (Å²) in [6, 6.07) is 8.95. The predicted molar refractivity (Wildman–Crippen MR) is 80.0 cm³/mol. The smallest absolute Gasteiger partial charge is 0.148 e. The standard InChI is InChI=1S/C17H16FN3/c1-11-5-4-7-14(18)16(11)21-17-13(10-19)9-12-6-2-3-8-15(12)20-17/h4-5,7,9H,2-3,6,8H2,1H3,(H,20,21). The third-order valence-electron chi connectivity index (χ3n) is 3.89. The molecule has 3 rings (SSSR count). The van der Waals surface area contributed by atoms with Gasteiger partial charge < -0.3 is 5.32 Å². The molecule has 0 fully saturated rings. The molecule has 1 N–H and O–H groups in total. The minimum Gasteiger partial charge on any atom is -0.337 e. The van der Waals surface area contributed by atoms with Crippen LogP contribution in [0, 0.1) is 24.1 Å². The first kappa shape index (κ1) is 13.6. The predicted octanol–water partition coefficient (Wildman–Crippen LogP) is 4.02. The van der Waals surface area contributed by atoms with Gasteiger partial charge in [-0.05, 0) is 55.9 Å². The number of nitrogens with one attached hydrogen (secondary N) is 1. The fourth-order valence-electron chi connectivity index (χ4n) is 2.72. The van der Waals surface area contributed by atoms with Crippen molar-refractivity contribution in [2.45, 2.75) is 32.6 Å². The van der Waals surface area contributed by atoms with Crippen LogP contribution in [0.2, 0.25) is 0 Å². The Bertz CT molecular complexity index is 711. The number of aryl methyl sites for hydroxylation is 3. The molecule has 3 nitrogen and oxygen atoms in total. The average molecular weight is 281 g/mol. The van der Waals surface area contributed by atoms with E-state index in [9.17, 15) is 9.65 Å². The Balaban J connectivity index is 2.04. The van der Waals surface area contributed by atoms with Crippen molar-refractivity contribution in [1.82, 2.24) is 4.98 Å². The SMILES string of the molecule is Cc1cccc(F)c1Nc1nc2c(cc1C#N)CCCC2. The fraction of sp³-hybridized carbons (Fsp3) is 0.294. The molecule has 4 heteroatoms. The lowest BCUT2D eigenvalue weighted by molar-refractivity contribution is 0.630. The highest BCUT2D eigenvalue weighted by Crippen LogP contribution is 2.28. The second-order valence-electron chi connectivity index (χ2n) is 5.37. The Labute approximate surface area is 123 Å². The number of fused-ring (bicyclic) bond motifs is 1. The molecule has 0 amide bonds. The Hall–Kier alpha value is -2.41. The molecule has 1 aliphatic carbocycles. The number of halogens is 1. The van der Waals surface area contributed by atoms with E-state index in [2.05, 4.69) is 16.4 Å². The molecule has 0 aliphatic heterocycles. The molecule has 0 saturated carbocycles. The van der Waals surface area contributed by atoms with Gasteiger partial charge in [-0.25, -0.2) is 9.37 Å². The van der Waals surface area contributed by atoms with Crippen LogP contribution in [-0.2, 0) is 12.8 Å². The first-order valence-electron chi connectivity index (χ1n) is 7.14. The summed E-state index contributed by atoms with van der Waals surface area (Å²) in [6.45, 7) is 1.83. The van der Waals surface area contributed by atoms with E-state index in [4.69, 9.17) is 0 Å². The average Bonchev–Trinajstić information content (AvgIpc) is 2.50. The summed E-state index contributed by atoms with van der Waals surface area (Å²) in [7, 11) is 0. The maximum absolute atomic E-state index is 13.9. The van der Waals surface area contributed by atoms with Crippen LogP contribution >= 0.6 is 0 Å². The second-order valence-corrected chi connectivity index (χ2v) is 5.37. The maximum atomic E-state index is 13.9. The highest BCUT2D eigenvalue weighted by atomic mass is 19.1. The number of nitriles is 1. The Morgan fingerprint density at radius 1 is 1.29 bits per heavy atom. The summed E-state index contributed by atoms with van der Waals surface area (Å²) in [5.41, 5.74) is 3.82. The summed E-state index contributed by atoms with van der Waals surface area (Å²) in [5.74, 6) is 0.116. The Morgan fingerprint density at radius 2 is 2.10 bits per heavy atom. The van der Waals surface area contributed by atoms with E-state index in [-0.39, 0.29) is 5.82 Å². The molecule has 0 atom stereocenters. The molecule has 0 bridgehead atoms. The molecule has 1 aliphatic rings. The molecule has 0 saturated heterocycles. The van der Waals surface area contributed by atoms with Gasteiger partial charge in [-0.1, -0.05) is 12.1 Å². The van der Waals surface area contributed by atoms with Crippen molar-refractivity contribution in [1.29, 1.82) is 5.26 Å². The largest absolute Gasteiger partial charge is 0.337 e. The van der Waals surface area contributed by atoms with Gasteiger partial charge >= 0.3 is 0 Å². The summed E-state index contributed by atoms with van der Waals surface area (Å²) in [6.07, 6.45) is 4.14. The molecule has 1 aromatic heterocycles.